The van der Waals surface area contributed by atoms with Crippen molar-refractivity contribution in [1.29, 1.82) is 5.26 Å². The Balaban J connectivity index is 1.38. The molecule has 1 aromatic heterocycles. The molecule has 2 aromatic carbocycles. The normalized spacial score (nSPS) is 16.6. The summed E-state index contributed by atoms with van der Waals surface area (Å²) in [5.41, 5.74) is 4.35. The van der Waals surface area contributed by atoms with E-state index in [2.05, 4.69) is 65.3 Å². The SMILES string of the molecule is Cc1cc(CN2CCC(c3ccccc3)C2)ccc1Oc1ccc(C#N)cn1. The van der Waals surface area contributed by atoms with Gasteiger partial charge in [-0.2, -0.15) is 5.26 Å². The minimum atomic E-state index is 0.500. The van der Waals surface area contributed by atoms with Crippen LogP contribution in [-0.4, -0.2) is 23.0 Å². The van der Waals surface area contributed by atoms with Gasteiger partial charge in [0.1, 0.15) is 11.8 Å². The lowest BCUT2D eigenvalue weighted by molar-refractivity contribution is 0.326. The standard InChI is InChI=1S/C24H23N3O/c1-18-13-19(7-9-23(18)28-24-10-8-20(14-25)15-26-24)16-27-12-11-22(17-27)21-5-3-2-4-6-21/h2-10,13,15,22H,11-12,16-17H2,1H3. The van der Waals surface area contributed by atoms with Crippen molar-refractivity contribution in [3.8, 4) is 17.7 Å². The van der Waals surface area contributed by atoms with Gasteiger partial charge in [0.05, 0.1) is 5.56 Å². The summed E-state index contributed by atoms with van der Waals surface area (Å²) in [4.78, 5) is 6.70. The van der Waals surface area contributed by atoms with Gasteiger partial charge in [-0.05, 0) is 54.6 Å². The van der Waals surface area contributed by atoms with E-state index in [0.717, 1.165) is 30.9 Å². The number of hydrogen-bond donors (Lipinski definition) is 0. The van der Waals surface area contributed by atoms with Gasteiger partial charge in [-0.25, -0.2) is 4.98 Å². The highest BCUT2D eigenvalue weighted by Crippen LogP contribution is 2.29. The van der Waals surface area contributed by atoms with Crippen molar-refractivity contribution in [3.63, 3.8) is 0 Å². The molecule has 0 saturated carbocycles. The predicted molar refractivity (Wildman–Crippen MR) is 109 cm³/mol. The minimum absolute atomic E-state index is 0.500. The molecular formula is C24H23N3O. The zero-order chi connectivity index (χ0) is 19.3. The lowest BCUT2D eigenvalue weighted by Gasteiger charge is -2.17. The number of pyridine rings is 1. The van der Waals surface area contributed by atoms with Crippen molar-refractivity contribution in [2.45, 2.75) is 25.8 Å². The average Bonchev–Trinajstić information content (AvgIpc) is 3.20. The van der Waals surface area contributed by atoms with Crippen LogP contribution >= 0.6 is 0 Å². The number of hydrogen-bond acceptors (Lipinski definition) is 4. The molecule has 1 saturated heterocycles. The molecular weight excluding hydrogens is 346 g/mol. The van der Waals surface area contributed by atoms with Crippen molar-refractivity contribution in [1.82, 2.24) is 9.88 Å². The quantitative estimate of drug-likeness (QED) is 0.632. The predicted octanol–water partition coefficient (Wildman–Crippen LogP) is 5.04. The van der Waals surface area contributed by atoms with Crippen LogP contribution in [0.1, 0.15) is 34.6 Å². The van der Waals surface area contributed by atoms with Gasteiger partial charge in [0.2, 0.25) is 5.88 Å². The third-order valence-electron chi connectivity index (χ3n) is 5.27. The zero-order valence-corrected chi connectivity index (χ0v) is 16.0. The van der Waals surface area contributed by atoms with E-state index in [1.165, 1.54) is 23.7 Å². The molecule has 1 aliphatic rings. The second kappa shape index (κ2) is 8.24. The number of likely N-dealkylation sites (tertiary alicyclic amines) is 1. The highest BCUT2D eigenvalue weighted by atomic mass is 16.5. The number of rotatable bonds is 5. The van der Waals surface area contributed by atoms with Gasteiger partial charge in [0, 0.05) is 25.4 Å². The monoisotopic (exact) mass is 369 g/mol. The van der Waals surface area contributed by atoms with E-state index in [1.807, 2.05) is 6.07 Å². The third kappa shape index (κ3) is 4.21. The summed E-state index contributed by atoms with van der Waals surface area (Å²) in [6, 6.07) is 22.6. The van der Waals surface area contributed by atoms with Gasteiger partial charge < -0.3 is 4.74 Å². The van der Waals surface area contributed by atoms with E-state index < -0.39 is 0 Å². The molecule has 4 nitrogen and oxygen atoms in total. The summed E-state index contributed by atoms with van der Waals surface area (Å²) in [5, 5.41) is 8.86. The average molecular weight is 369 g/mol. The van der Waals surface area contributed by atoms with Gasteiger partial charge in [-0.1, -0.05) is 42.5 Å². The highest BCUT2D eigenvalue weighted by Gasteiger charge is 2.23. The van der Waals surface area contributed by atoms with Crippen LogP contribution in [0, 0.1) is 18.3 Å². The molecule has 0 spiro atoms. The van der Waals surface area contributed by atoms with Crippen molar-refractivity contribution >= 4 is 0 Å². The molecule has 2 heterocycles. The summed E-state index contributed by atoms with van der Waals surface area (Å²) >= 11 is 0. The minimum Gasteiger partial charge on any atom is -0.439 e. The van der Waals surface area contributed by atoms with Gasteiger partial charge in [0.15, 0.2) is 0 Å². The summed E-state index contributed by atoms with van der Waals surface area (Å²) in [6.07, 6.45) is 2.74. The number of nitriles is 1. The molecule has 3 aromatic rings. The first-order valence-electron chi connectivity index (χ1n) is 9.62. The Morgan fingerprint density at radius 3 is 2.71 bits per heavy atom. The van der Waals surface area contributed by atoms with Crippen LogP contribution in [0.15, 0.2) is 66.9 Å². The lowest BCUT2D eigenvalue weighted by Crippen LogP contribution is -2.19. The number of aromatic nitrogens is 1. The molecule has 0 amide bonds. The van der Waals surface area contributed by atoms with E-state index in [-0.39, 0.29) is 0 Å². The molecule has 140 valence electrons. The first-order valence-corrected chi connectivity index (χ1v) is 9.62. The van der Waals surface area contributed by atoms with E-state index in [0.29, 0.717) is 17.4 Å². The second-order valence-electron chi connectivity index (χ2n) is 7.33. The smallest absolute Gasteiger partial charge is 0.219 e. The molecule has 0 bridgehead atoms. The van der Waals surface area contributed by atoms with E-state index >= 15 is 0 Å². The van der Waals surface area contributed by atoms with Crippen LogP contribution in [0.25, 0.3) is 0 Å². The molecule has 4 rings (SSSR count). The van der Waals surface area contributed by atoms with Crippen molar-refractivity contribution < 1.29 is 4.74 Å². The Labute approximate surface area is 166 Å². The van der Waals surface area contributed by atoms with Crippen LogP contribution < -0.4 is 4.74 Å². The van der Waals surface area contributed by atoms with Gasteiger partial charge in [-0.3, -0.25) is 4.90 Å². The first-order chi connectivity index (χ1) is 13.7. The summed E-state index contributed by atoms with van der Waals surface area (Å²) in [5.74, 6) is 1.93. The maximum Gasteiger partial charge on any atom is 0.219 e. The molecule has 0 radical (unpaired) electrons. The summed E-state index contributed by atoms with van der Waals surface area (Å²) < 4.78 is 5.87. The zero-order valence-electron chi connectivity index (χ0n) is 16.0. The Hall–Kier alpha value is -3.16. The summed E-state index contributed by atoms with van der Waals surface area (Å²) in [6.45, 7) is 5.25. The summed E-state index contributed by atoms with van der Waals surface area (Å²) in [7, 11) is 0. The number of benzene rings is 2. The van der Waals surface area contributed by atoms with Crippen LogP contribution in [0.3, 0.4) is 0 Å². The molecule has 4 heteroatoms. The maximum absolute atomic E-state index is 8.86. The Morgan fingerprint density at radius 2 is 2.00 bits per heavy atom. The number of ether oxygens (including phenoxy) is 1. The molecule has 1 unspecified atom stereocenters. The largest absolute Gasteiger partial charge is 0.439 e. The maximum atomic E-state index is 8.86. The Morgan fingerprint density at radius 1 is 1.14 bits per heavy atom. The van der Waals surface area contributed by atoms with E-state index in [9.17, 15) is 0 Å². The van der Waals surface area contributed by atoms with Crippen molar-refractivity contribution in [2.24, 2.45) is 0 Å². The number of nitrogens with zero attached hydrogens (tertiary/aromatic N) is 3. The molecule has 28 heavy (non-hydrogen) atoms. The fourth-order valence-electron chi connectivity index (χ4n) is 3.78. The van der Waals surface area contributed by atoms with Crippen LogP contribution in [-0.2, 0) is 6.54 Å². The van der Waals surface area contributed by atoms with Gasteiger partial charge in [-0.15, -0.1) is 0 Å². The van der Waals surface area contributed by atoms with Crippen LogP contribution in [0.2, 0.25) is 0 Å². The first kappa shape index (κ1) is 18.2. The van der Waals surface area contributed by atoms with Crippen LogP contribution in [0.4, 0.5) is 0 Å². The van der Waals surface area contributed by atoms with Crippen LogP contribution in [0.5, 0.6) is 11.6 Å². The fourth-order valence-corrected chi connectivity index (χ4v) is 3.78. The molecule has 1 fully saturated rings. The molecule has 0 N–H and O–H groups in total. The van der Waals surface area contributed by atoms with E-state index in [4.69, 9.17) is 10.00 Å². The second-order valence-corrected chi connectivity index (χ2v) is 7.33. The fraction of sp³-hybridized carbons (Fsp3) is 0.250. The lowest BCUT2D eigenvalue weighted by atomic mass is 9.99. The third-order valence-corrected chi connectivity index (χ3v) is 5.27. The highest BCUT2D eigenvalue weighted by molar-refractivity contribution is 5.39. The Kier molecular flexibility index (Phi) is 5.36. The van der Waals surface area contributed by atoms with E-state index in [1.54, 1.807) is 12.1 Å². The Bertz CT molecular complexity index is 977. The molecule has 1 atom stereocenters. The number of aryl methyl sites for hydroxylation is 1. The van der Waals surface area contributed by atoms with Crippen molar-refractivity contribution in [3.05, 3.63) is 89.1 Å². The van der Waals surface area contributed by atoms with Gasteiger partial charge in [0.25, 0.3) is 0 Å². The molecule has 0 aliphatic carbocycles. The van der Waals surface area contributed by atoms with Crippen molar-refractivity contribution in [2.75, 3.05) is 13.1 Å². The van der Waals surface area contributed by atoms with Gasteiger partial charge >= 0.3 is 0 Å². The molecule has 1 aliphatic heterocycles. The topological polar surface area (TPSA) is 49.1 Å².